The lowest BCUT2D eigenvalue weighted by atomic mass is 10.1. The van der Waals surface area contributed by atoms with E-state index in [-0.39, 0.29) is 0 Å². The average molecular weight is 187 g/mol. The van der Waals surface area contributed by atoms with Crippen LogP contribution in [0.5, 0.6) is 0 Å². The fourth-order valence-electron chi connectivity index (χ4n) is 0.640. The summed E-state index contributed by atoms with van der Waals surface area (Å²) in [7, 11) is 0. The molecule has 1 radical (unpaired) electrons. The first-order valence-electron chi connectivity index (χ1n) is 2.74. The van der Waals surface area contributed by atoms with Crippen LogP contribution in [0.3, 0.4) is 0 Å². The van der Waals surface area contributed by atoms with Crippen LogP contribution in [-0.2, 0) is 0 Å². The van der Waals surface area contributed by atoms with Gasteiger partial charge in [-0.05, 0) is 0 Å². The monoisotopic (exact) mass is 187 g/mol. The Hall–Kier alpha value is -0.940. The maximum atomic E-state index is 12.1. The van der Waals surface area contributed by atoms with Crippen LogP contribution >= 0.6 is 0 Å². The molecule has 6 heteroatoms. The van der Waals surface area contributed by atoms with Crippen molar-refractivity contribution in [3.8, 4) is 0 Å². The smallest absolute Gasteiger partial charge is 0.232 e. The highest BCUT2D eigenvalue weighted by Crippen LogP contribution is 2.41. The quantitative estimate of drug-likeness (QED) is 0.511. The van der Waals surface area contributed by atoms with Crippen molar-refractivity contribution in [1.82, 2.24) is 0 Å². The Morgan fingerprint density at radius 3 is 1.42 bits per heavy atom. The maximum Gasteiger partial charge on any atom is 0.264 e. The minimum Gasteiger partial charge on any atom is -0.232 e. The van der Waals surface area contributed by atoms with Crippen LogP contribution in [0.2, 0.25) is 0 Å². The third-order valence-electron chi connectivity index (χ3n) is 1.25. The maximum absolute atomic E-state index is 12.1. The molecule has 0 aromatic heterocycles. The molecule has 0 atom stereocenters. The number of hydrogen-bond acceptors (Lipinski definition) is 0. The van der Waals surface area contributed by atoms with Crippen LogP contribution in [0.15, 0.2) is 23.3 Å². The fourth-order valence-corrected chi connectivity index (χ4v) is 0.640. The van der Waals surface area contributed by atoms with Crippen molar-refractivity contribution in [2.45, 2.75) is 6.17 Å². The van der Waals surface area contributed by atoms with Gasteiger partial charge in [-0.2, -0.15) is 0 Å². The van der Waals surface area contributed by atoms with E-state index in [1.54, 1.807) is 0 Å². The number of rotatable bonds is 0. The molecule has 1 aliphatic rings. The predicted molar refractivity (Wildman–Crippen MR) is 27.7 cm³/mol. The number of halogens is 6. The highest BCUT2D eigenvalue weighted by Gasteiger charge is 2.40. The molecule has 0 bridgehead atoms. The summed E-state index contributed by atoms with van der Waals surface area (Å²) in [5, 5.41) is 0. The van der Waals surface area contributed by atoms with Gasteiger partial charge in [0, 0.05) is 0 Å². The summed E-state index contributed by atoms with van der Waals surface area (Å²) in [6.45, 7) is 0. The number of hydrogen-bond donors (Lipinski definition) is 0. The zero-order valence-corrected chi connectivity index (χ0v) is 5.35. The van der Waals surface area contributed by atoms with Crippen molar-refractivity contribution in [3.05, 3.63) is 29.5 Å². The van der Waals surface area contributed by atoms with Crippen molar-refractivity contribution < 1.29 is 26.3 Å². The van der Waals surface area contributed by atoms with Gasteiger partial charge in [0.1, 0.15) is 0 Å². The van der Waals surface area contributed by atoms with Gasteiger partial charge in [0.15, 0.2) is 23.3 Å². The van der Waals surface area contributed by atoms with E-state index < -0.39 is 35.7 Å². The Morgan fingerprint density at radius 2 is 1.08 bits per heavy atom. The summed E-state index contributed by atoms with van der Waals surface area (Å²) in [5.74, 6) is -9.24. The third kappa shape index (κ3) is 1.11. The van der Waals surface area contributed by atoms with Crippen molar-refractivity contribution in [2.24, 2.45) is 0 Å². The van der Waals surface area contributed by atoms with Gasteiger partial charge >= 0.3 is 0 Å². The predicted octanol–water partition coefficient (Wildman–Crippen LogP) is 3.14. The zero-order valence-electron chi connectivity index (χ0n) is 5.35. The molecule has 0 spiro atoms. The van der Waals surface area contributed by atoms with Gasteiger partial charge in [-0.3, -0.25) is 0 Å². The van der Waals surface area contributed by atoms with Gasteiger partial charge in [-0.1, -0.05) is 0 Å². The van der Waals surface area contributed by atoms with Crippen LogP contribution in [0, 0.1) is 6.17 Å². The van der Waals surface area contributed by atoms with E-state index in [9.17, 15) is 26.3 Å². The second kappa shape index (κ2) is 2.84. The van der Waals surface area contributed by atoms with Crippen molar-refractivity contribution in [3.63, 3.8) is 0 Å². The lowest BCUT2D eigenvalue weighted by molar-refractivity contribution is 0.262. The molecule has 67 valence electrons. The molecule has 0 saturated carbocycles. The van der Waals surface area contributed by atoms with Crippen LogP contribution in [0.4, 0.5) is 26.3 Å². The van der Waals surface area contributed by atoms with Crippen molar-refractivity contribution in [1.29, 1.82) is 0 Å². The molecular formula is C6HF6. The highest BCUT2D eigenvalue weighted by molar-refractivity contribution is 5.40. The van der Waals surface area contributed by atoms with E-state index in [0.29, 0.717) is 0 Å². The van der Waals surface area contributed by atoms with Crippen LogP contribution in [0.25, 0.3) is 0 Å². The minimum absolute atomic E-state index is 2.29. The Kier molecular flexibility index (Phi) is 2.16. The molecule has 1 rings (SSSR count). The average Bonchev–Trinajstić information content (AvgIpc) is 2.08. The topological polar surface area (TPSA) is 0 Å². The van der Waals surface area contributed by atoms with Crippen molar-refractivity contribution >= 4 is 0 Å². The SMILES string of the molecule is F[C]1C(F)=C(F)C(F)C(F)=C1F. The number of alkyl halides is 1. The normalized spacial score (nSPS) is 22.5. The molecule has 0 fully saturated rings. The molecule has 12 heavy (non-hydrogen) atoms. The van der Waals surface area contributed by atoms with Gasteiger partial charge in [0.05, 0.1) is 0 Å². The fraction of sp³-hybridized carbons (Fsp3) is 0.167. The standard InChI is InChI=1S/C6HF6/c7-1-2(8)4(10)6(12)5(11)3(1)9/h1H. The second-order valence-electron chi connectivity index (χ2n) is 2.00. The summed E-state index contributed by atoms with van der Waals surface area (Å²) in [6.07, 6.45) is -5.52. The van der Waals surface area contributed by atoms with E-state index in [1.165, 1.54) is 0 Å². The molecule has 0 aliphatic heterocycles. The third-order valence-corrected chi connectivity index (χ3v) is 1.25. The van der Waals surface area contributed by atoms with Crippen LogP contribution in [0.1, 0.15) is 0 Å². The largest absolute Gasteiger partial charge is 0.264 e. The summed E-state index contributed by atoms with van der Waals surface area (Å²) >= 11 is 0. The van der Waals surface area contributed by atoms with Crippen molar-refractivity contribution in [2.75, 3.05) is 0 Å². The summed E-state index contributed by atoms with van der Waals surface area (Å²) in [6, 6.07) is 0. The lowest BCUT2D eigenvalue weighted by Crippen LogP contribution is -2.14. The zero-order chi connectivity index (χ0) is 9.46. The lowest BCUT2D eigenvalue weighted by Gasteiger charge is -2.13. The van der Waals surface area contributed by atoms with E-state index in [0.717, 1.165) is 0 Å². The van der Waals surface area contributed by atoms with E-state index in [4.69, 9.17) is 0 Å². The first kappa shape index (κ1) is 9.15. The van der Waals surface area contributed by atoms with Gasteiger partial charge in [-0.15, -0.1) is 0 Å². The van der Waals surface area contributed by atoms with Gasteiger partial charge in [-0.25, -0.2) is 26.3 Å². The van der Waals surface area contributed by atoms with Gasteiger partial charge < -0.3 is 0 Å². The Labute approximate surface area is 63.2 Å². The molecule has 0 aromatic rings. The van der Waals surface area contributed by atoms with E-state index in [2.05, 4.69) is 0 Å². The number of allylic oxidation sites excluding steroid dienone is 4. The first-order valence-corrected chi connectivity index (χ1v) is 2.74. The molecular weight excluding hydrogens is 186 g/mol. The Morgan fingerprint density at radius 1 is 0.750 bits per heavy atom. The van der Waals surface area contributed by atoms with Gasteiger partial charge in [0.25, 0.3) is 6.17 Å². The minimum atomic E-state index is -3.18. The van der Waals surface area contributed by atoms with Crippen LogP contribution < -0.4 is 0 Å². The molecule has 0 N–H and O–H groups in total. The molecule has 0 amide bonds. The van der Waals surface area contributed by atoms with E-state index in [1.807, 2.05) is 0 Å². The molecule has 0 nitrogen and oxygen atoms in total. The first-order chi connectivity index (χ1) is 5.46. The molecule has 0 unspecified atom stereocenters. The molecule has 0 aromatic carbocycles. The summed E-state index contributed by atoms with van der Waals surface area (Å²) in [5.41, 5.74) is 0. The van der Waals surface area contributed by atoms with Crippen LogP contribution in [-0.4, -0.2) is 6.17 Å². The molecule has 0 heterocycles. The Balaban J connectivity index is 3.13. The molecule has 0 saturated heterocycles. The highest BCUT2D eigenvalue weighted by atomic mass is 19.2. The summed E-state index contributed by atoms with van der Waals surface area (Å²) < 4.78 is 72.4. The van der Waals surface area contributed by atoms with Gasteiger partial charge in [0.2, 0.25) is 6.17 Å². The second-order valence-corrected chi connectivity index (χ2v) is 2.00. The van der Waals surface area contributed by atoms with E-state index >= 15 is 0 Å². The molecule has 1 aliphatic carbocycles. The summed E-state index contributed by atoms with van der Waals surface area (Å²) in [4.78, 5) is 0. The Bertz CT molecular complexity index is 213.